The van der Waals surface area contributed by atoms with Gasteiger partial charge in [-0.05, 0) is 44.1 Å². The Hall–Kier alpha value is -1.10. The molecule has 0 amide bonds. The van der Waals surface area contributed by atoms with Crippen molar-refractivity contribution in [2.45, 2.75) is 26.1 Å². The number of likely N-dealkylation sites (N-methyl/N-ethyl adjacent to an activating group) is 1. The van der Waals surface area contributed by atoms with Crippen LogP contribution in [0.4, 0.5) is 0 Å². The molecule has 0 aliphatic rings. The average Bonchev–Trinajstić information content (AvgIpc) is 3.05. The van der Waals surface area contributed by atoms with Crippen molar-refractivity contribution < 1.29 is 0 Å². The highest BCUT2D eigenvalue weighted by molar-refractivity contribution is 7.10. The van der Waals surface area contributed by atoms with E-state index in [9.17, 15) is 0 Å². The van der Waals surface area contributed by atoms with Crippen molar-refractivity contribution in [3.05, 3.63) is 46.4 Å². The van der Waals surface area contributed by atoms with Crippen molar-refractivity contribution in [2.24, 2.45) is 0 Å². The number of aromatic nitrogens is 1. The molecular formula is C15H23N3S. The summed E-state index contributed by atoms with van der Waals surface area (Å²) in [5, 5.41) is 5.71. The minimum absolute atomic E-state index is 0.452. The molecule has 2 rings (SSSR count). The van der Waals surface area contributed by atoms with Crippen LogP contribution in [0.2, 0.25) is 0 Å². The van der Waals surface area contributed by atoms with Crippen LogP contribution in [-0.2, 0) is 13.1 Å². The van der Waals surface area contributed by atoms with Gasteiger partial charge in [-0.2, -0.15) is 0 Å². The van der Waals surface area contributed by atoms with Gasteiger partial charge in [-0.1, -0.05) is 6.07 Å². The van der Waals surface area contributed by atoms with Gasteiger partial charge in [0.1, 0.15) is 0 Å². The van der Waals surface area contributed by atoms with Gasteiger partial charge in [0.15, 0.2) is 0 Å². The second-order valence-corrected chi connectivity index (χ2v) is 5.96. The Morgan fingerprint density at radius 1 is 1.37 bits per heavy atom. The normalized spacial score (nSPS) is 13.1. The van der Waals surface area contributed by atoms with Crippen molar-refractivity contribution in [2.75, 3.05) is 20.6 Å². The van der Waals surface area contributed by atoms with E-state index < -0.39 is 0 Å². The monoisotopic (exact) mass is 277 g/mol. The molecule has 0 spiro atoms. The summed E-state index contributed by atoms with van der Waals surface area (Å²) in [4.78, 5) is 3.69. The highest BCUT2D eigenvalue weighted by Crippen LogP contribution is 2.22. The Morgan fingerprint density at radius 2 is 2.21 bits per heavy atom. The molecular weight excluding hydrogens is 254 g/mol. The van der Waals surface area contributed by atoms with Crippen LogP contribution in [0.5, 0.6) is 0 Å². The van der Waals surface area contributed by atoms with Crippen LogP contribution in [0.15, 0.2) is 36.0 Å². The Bertz CT molecular complexity index is 473. The average molecular weight is 277 g/mol. The molecule has 1 N–H and O–H groups in total. The smallest absolute Gasteiger partial charge is 0.0561 e. The third kappa shape index (κ3) is 3.93. The summed E-state index contributed by atoms with van der Waals surface area (Å²) in [5.74, 6) is 0. The van der Waals surface area contributed by atoms with E-state index in [0.29, 0.717) is 6.04 Å². The van der Waals surface area contributed by atoms with E-state index >= 15 is 0 Å². The summed E-state index contributed by atoms with van der Waals surface area (Å²) in [6, 6.07) is 6.97. The number of rotatable bonds is 7. The standard InChI is InChI=1S/C15H23N3S/c1-4-18-8-7-13(12-18)10-16-11-14(17(2)3)15-6-5-9-19-15/h5-9,12,14,16H,4,10-11H2,1-3H3. The third-order valence-corrected chi connectivity index (χ3v) is 4.31. The molecule has 2 aromatic rings. The fraction of sp³-hybridized carbons (Fsp3) is 0.467. The fourth-order valence-corrected chi connectivity index (χ4v) is 3.09. The predicted molar refractivity (Wildman–Crippen MR) is 82.6 cm³/mol. The maximum atomic E-state index is 3.56. The molecule has 1 unspecified atom stereocenters. The molecule has 0 saturated heterocycles. The van der Waals surface area contributed by atoms with Crippen LogP contribution in [0.3, 0.4) is 0 Å². The highest BCUT2D eigenvalue weighted by Gasteiger charge is 2.14. The summed E-state index contributed by atoms with van der Waals surface area (Å²) in [6.45, 7) is 5.11. The van der Waals surface area contributed by atoms with Gasteiger partial charge in [-0.15, -0.1) is 11.3 Å². The molecule has 1 atom stereocenters. The summed E-state index contributed by atoms with van der Waals surface area (Å²) >= 11 is 1.83. The minimum atomic E-state index is 0.452. The Labute approximate surface area is 119 Å². The zero-order valence-corrected chi connectivity index (χ0v) is 12.8. The Balaban J connectivity index is 1.86. The molecule has 104 valence electrons. The molecule has 0 radical (unpaired) electrons. The fourth-order valence-electron chi connectivity index (χ4n) is 2.16. The number of thiophene rings is 1. The lowest BCUT2D eigenvalue weighted by molar-refractivity contribution is 0.292. The maximum absolute atomic E-state index is 3.56. The quantitative estimate of drug-likeness (QED) is 0.839. The molecule has 19 heavy (non-hydrogen) atoms. The van der Waals surface area contributed by atoms with E-state index in [0.717, 1.165) is 19.6 Å². The van der Waals surface area contributed by atoms with E-state index in [1.807, 2.05) is 11.3 Å². The second-order valence-electron chi connectivity index (χ2n) is 4.98. The van der Waals surface area contributed by atoms with Crippen molar-refractivity contribution in [3.8, 4) is 0 Å². The molecule has 0 bridgehead atoms. The number of hydrogen-bond donors (Lipinski definition) is 1. The maximum Gasteiger partial charge on any atom is 0.0561 e. The van der Waals surface area contributed by atoms with Gasteiger partial charge in [0.25, 0.3) is 0 Å². The number of hydrogen-bond acceptors (Lipinski definition) is 3. The molecule has 0 aliphatic carbocycles. The molecule has 3 nitrogen and oxygen atoms in total. The Kier molecular flexibility index (Phi) is 5.19. The summed E-state index contributed by atoms with van der Waals surface area (Å²) < 4.78 is 2.21. The third-order valence-electron chi connectivity index (χ3n) is 3.34. The lowest BCUT2D eigenvalue weighted by atomic mass is 10.2. The van der Waals surface area contributed by atoms with Crippen molar-refractivity contribution in [1.82, 2.24) is 14.8 Å². The van der Waals surface area contributed by atoms with Gasteiger partial charge < -0.3 is 14.8 Å². The van der Waals surface area contributed by atoms with Crippen LogP contribution >= 0.6 is 11.3 Å². The van der Waals surface area contributed by atoms with E-state index in [4.69, 9.17) is 0 Å². The first-order valence-electron chi connectivity index (χ1n) is 6.76. The number of nitrogens with one attached hydrogen (secondary N) is 1. The molecule has 0 aromatic carbocycles. The van der Waals surface area contributed by atoms with Gasteiger partial charge in [0.05, 0.1) is 6.04 Å². The van der Waals surface area contributed by atoms with Crippen molar-refractivity contribution in [3.63, 3.8) is 0 Å². The Morgan fingerprint density at radius 3 is 2.79 bits per heavy atom. The summed E-state index contributed by atoms with van der Waals surface area (Å²) in [7, 11) is 4.28. The van der Waals surface area contributed by atoms with Crippen LogP contribution < -0.4 is 5.32 Å². The van der Waals surface area contributed by atoms with E-state index in [2.05, 4.69) is 71.8 Å². The van der Waals surface area contributed by atoms with E-state index in [-0.39, 0.29) is 0 Å². The molecule has 2 heterocycles. The lowest BCUT2D eigenvalue weighted by Gasteiger charge is -2.23. The molecule has 0 fully saturated rings. The molecule has 2 aromatic heterocycles. The van der Waals surface area contributed by atoms with Crippen LogP contribution in [0.25, 0.3) is 0 Å². The first-order chi connectivity index (χ1) is 9.20. The van der Waals surface area contributed by atoms with Crippen LogP contribution in [-0.4, -0.2) is 30.1 Å². The predicted octanol–water partition coefficient (Wildman–Crippen LogP) is 2.96. The second kappa shape index (κ2) is 6.89. The van der Waals surface area contributed by atoms with Gasteiger partial charge in [0, 0.05) is 36.9 Å². The highest BCUT2D eigenvalue weighted by atomic mass is 32.1. The first kappa shape index (κ1) is 14.3. The van der Waals surface area contributed by atoms with Gasteiger partial charge in [-0.3, -0.25) is 0 Å². The largest absolute Gasteiger partial charge is 0.354 e. The SMILES string of the molecule is CCn1ccc(CNCC(c2cccs2)N(C)C)c1. The number of nitrogens with zero attached hydrogens (tertiary/aromatic N) is 2. The summed E-state index contributed by atoms with van der Waals surface area (Å²) in [5.41, 5.74) is 1.35. The summed E-state index contributed by atoms with van der Waals surface area (Å²) in [6.07, 6.45) is 4.35. The van der Waals surface area contributed by atoms with Gasteiger partial charge >= 0.3 is 0 Å². The van der Waals surface area contributed by atoms with E-state index in [1.165, 1.54) is 10.4 Å². The molecule has 0 aliphatic heterocycles. The van der Waals surface area contributed by atoms with Gasteiger partial charge in [0.2, 0.25) is 0 Å². The van der Waals surface area contributed by atoms with Gasteiger partial charge in [-0.25, -0.2) is 0 Å². The topological polar surface area (TPSA) is 20.2 Å². The first-order valence-corrected chi connectivity index (χ1v) is 7.64. The minimum Gasteiger partial charge on any atom is -0.354 e. The number of aryl methyl sites for hydroxylation is 1. The molecule has 4 heteroatoms. The van der Waals surface area contributed by atoms with E-state index in [1.54, 1.807) is 0 Å². The van der Waals surface area contributed by atoms with Crippen molar-refractivity contribution in [1.29, 1.82) is 0 Å². The molecule has 0 saturated carbocycles. The van der Waals surface area contributed by atoms with Crippen LogP contribution in [0.1, 0.15) is 23.4 Å². The zero-order valence-electron chi connectivity index (χ0n) is 12.0. The zero-order chi connectivity index (χ0) is 13.7. The lowest BCUT2D eigenvalue weighted by Crippen LogP contribution is -2.30. The van der Waals surface area contributed by atoms with Crippen molar-refractivity contribution >= 4 is 11.3 Å². The van der Waals surface area contributed by atoms with Crippen LogP contribution in [0, 0.1) is 0 Å².